The summed E-state index contributed by atoms with van der Waals surface area (Å²) in [5.74, 6) is -4.12. The quantitative estimate of drug-likeness (QED) is 0.585. The predicted molar refractivity (Wildman–Crippen MR) is 46.2 cm³/mol. The van der Waals surface area contributed by atoms with Gasteiger partial charge in [-0.15, -0.1) is 0 Å². The maximum atomic E-state index is 13.0. The molecule has 0 radical (unpaired) electrons. The SMILES string of the molecule is O=C(Cl)C(F)(F)c1cccc(C(F)(F)F)c1. The van der Waals surface area contributed by atoms with E-state index in [1.165, 1.54) is 0 Å². The molecule has 0 spiro atoms. The van der Waals surface area contributed by atoms with Gasteiger partial charge in [0, 0.05) is 5.56 Å². The van der Waals surface area contributed by atoms with E-state index in [0.29, 0.717) is 12.1 Å². The van der Waals surface area contributed by atoms with Gasteiger partial charge in [0.15, 0.2) is 0 Å². The standard InChI is InChI=1S/C9H4ClF5O/c10-7(16)8(11,12)5-2-1-3-6(4-5)9(13,14)15/h1-4H. The molecular weight excluding hydrogens is 255 g/mol. The zero-order chi connectivity index (χ0) is 12.6. The van der Waals surface area contributed by atoms with Gasteiger partial charge < -0.3 is 0 Å². The Labute approximate surface area is 91.8 Å². The molecule has 0 saturated heterocycles. The van der Waals surface area contributed by atoms with E-state index in [0.717, 1.165) is 6.07 Å². The van der Waals surface area contributed by atoms with Gasteiger partial charge in [0.1, 0.15) is 0 Å². The fourth-order valence-electron chi connectivity index (χ4n) is 1.00. The second-order valence-electron chi connectivity index (χ2n) is 2.93. The van der Waals surface area contributed by atoms with Crippen molar-refractivity contribution in [3.05, 3.63) is 35.4 Å². The molecule has 1 rings (SSSR count). The highest BCUT2D eigenvalue weighted by Gasteiger charge is 2.41. The van der Waals surface area contributed by atoms with E-state index in [1.54, 1.807) is 0 Å². The molecule has 0 amide bonds. The van der Waals surface area contributed by atoms with Crippen LogP contribution in [0.4, 0.5) is 22.0 Å². The van der Waals surface area contributed by atoms with E-state index in [2.05, 4.69) is 11.6 Å². The second kappa shape index (κ2) is 4.01. The number of benzene rings is 1. The molecule has 1 aromatic carbocycles. The van der Waals surface area contributed by atoms with Crippen molar-refractivity contribution in [2.75, 3.05) is 0 Å². The van der Waals surface area contributed by atoms with Crippen LogP contribution in [0.2, 0.25) is 0 Å². The number of rotatable bonds is 2. The molecule has 88 valence electrons. The first-order valence-electron chi connectivity index (χ1n) is 3.91. The van der Waals surface area contributed by atoms with Gasteiger partial charge in [-0.25, -0.2) is 0 Å². The van der Waals surface area contributed by atoms with E-state index >= 15 is 0 Å². The molecule has 0 bridgehead atoms. The van der Waals surface area contributed by atoms with E-state index in [1.807, 2.05) is 0 Å². The average Bonchev–Trinajstić information content (AvgIpc) is 2.16. The van der Waals surface area contributed by atoms with Crippen LogP contribution in [0.1, 0.15) is 11.1 Å². The van der Waals surface area contributed by atoms with E-state index in [-0.39, 0.29) is 6.07 Å². The highest BCUT2D eigenvalue weighted by Crippen LogP contribution is 2.35. The molecule has 0 fully saturated rings. The maximum Gasteiger partial charge on any atom is 0.416 e. The first-order valence-corrected chi connectivity index (χ1v) is 4.29. The summed E-state index contributed by atoms with van der Waals surface area (Å²) in [6.45, 7) is 0. The highest BCUT2D eigenvalue weighted by atomic mass is 35.5. The Morgan fingerprint density at radius 3 is 2.00 bits per heavy atom. The smallest absolute Gasteiger partial charge is 0.274 e. The topological polar surface area (TPSA) is 17.1 Å². The van der Waals surface area contributed by atoms with Gasteiger partial charge in [-0.1, -0.05) is 12.1 Å². The lowest BCUT2D eigenvalue weighted by Gasteiger charge is -2.13. The third-order valence-corrected chi connectivity index (χ3v) is 2.04. The van der Waals surface area contributed by atoms with E-state index in [4.69, 9.17) is 0 Å². The molecule has 0 saturated carbocycles. The van der Waals surface area contributed by atoms with Gasteiger partial charge in [0.25, 0.3) is 5.24 Å². The molecule has 0 atom stereocenters. The first-order chi connectivity index (χ1) is 7.15. The lowest BCUT2D eigenvalue weighted by molar-refractivity contribution is -0.139. The van der Waals surface area contributed by atoms with Crippen molar-refractivity contribution >= 4 is 16.8 Å². The van der Waals surface area contributed by atoms with Crippen LogP contribution in [0.15, 0.2) is 24.3 Å². The molecule has 16 heavy (non-hydrogen) atoms. The molecule has 1 nitrogen and oxygen atoms in total. The molecule has 0 N–H and O–H groups in total. The number of carbonyl (C=O) groups is 1. The Hall–Kier alpha value is -1.17. The molecule has 7 heteroatoms. The highest BCUT2D eigenvalue weighted by molar-refractivity contribution is 6.65. The first kappa shape index (κ1) is 12.9. The summed E-state index contributed by atoms with van der Waals surface area (Å²) in [5, 5.41) is -2.02. The van der Waals surface area contributed by atoms with E-state index in [9.17, 15) is 26.7 Å². The van der Waals surface area contributed by atoms with Crippen LogP contribution in [0.5, 0.6) is 0 Å². The van der Waals surface area contributed by atoms with Gasteiger partial charge in [-0.2, -0.15) is 22.0 Å². The molecule has 0 heterocycles. The van der Waals surface area contributed by atoms with Crippen molar-refractivity contribution in [3.63, 3.8) is 0 Å². The Balaban J connectivity index is 3.23. The summed E-state index contributed by atoms with van der Waals surface area (Å²) in [4.78, 5) is 10.4. The molecule has 0 aliphatic rings. The molecule has 0 aliphatic carbocycles. The minimum absolute atomic E-state index is 0.195. The number of hydrogen-bond acceptors (Lipinski definition) is 1. The fourth-order valence-corrected chi connectivity index (χ4v) is 1.11. The number of hydrogen-bond donors (Lipinski definition) is 0. The van der Waals surface area contributed by atoms with E-state index < -0.39 is 28.5 Å². The van der Waals surface area contributed by atoms with Crippen LogP contribution in [0.25, 0.3) is 0 Å². The Morgan fingerprint density at radius 1 is 1.06 bits per heavy atom. The van der Waals surface area contributed by atoms with Crippen molar-refractivity contribution < 1.29 is 26.7 Å². The van der Waals surface area contributed by atoms with Crippen LogP contribution < -0.4 is 0 Å². The lowest BCUT2D eigenvalue weighted by atomic mass is 10.1. The van der Waals surface area contributed by atoms with Gasteiger partial charge in [0.05, 0.1) is 5.56 Å². The summed E-state index contributed by atoms with van der Waals surface area (Å²) in [6, 6.07) is 2.31. The molecule has 1 aromatic rings. The van der Waals surface area contributed by atoms with Crippen molar-refractivity contribution in [2.24, 2.45) is 0 Å². The summed E-state index contributed by atoms with van der Waals surface area (Å²) < 4.78 is 62.6. The van der Waals surface area contributed by atoms with Crippen molar-refractivity contribution in [1.29, 1.82) is 0 Å². The van der Waals surface area contributed by atoms with Gasteiger partial charge in [-0.05, 0) is 23.7 Å². The summed E-state index contributed by atoms with van der Waals surface area (Å²) in [6.07, 6.45) is -4.75. The van der Waals surface area contributed by atoms with Gasteiger partial charge in [0.2, 0.25) is 0 Å². The monoisotopic (exact) mass is 258 g/mol. The number of carbonyl (C=O) groups excluding carboxylic acids is 1. The normalized spacial score (nSPS) is 12.6. The number of alkyl halides is 5. The summed E-state index contributed by atoms with van der Waals surface area (Å²) in [7, 11) is 0. The summed E-state index contributed by atoms with van der Waals surface area (Å²) in [5.41, 5.74) is -2.34. The molecular formula is C9H4ClF5O. The van der Waals surface area contributed by atoms with Crippen LogP contribution >= 0.6 is 11.6 Å². The third kappa shape index (κ3) is 2.49. The maximum absolute atomic E-state index is 13.0. The zero-order valence-corrected chi connectivity index (χ0v) is 8.24. The Morgan fingerprint density at radius 2 is 1.56 bits per heavy atom. The van der Waals surface area contributed by atoms with Crippen molar-refractivity contribution in [1.82, 2.24) is 0 Å². The minimum Gasteiger partial charge on any atom is -0.274 e. The zero-order valence-electron chi connectivity index (χ0n) is 7.49. The van der Waals surface area contributed by atoms with Gasteiger partial charge >= 0.3 is 12.1 Å². The largest absolute Gasteiger partial charge is 0.416 e. The molecule has 0 unspecified atom stereocenters. The number of halogens is 6. The third-order valence-electron chi connectivity index (χ3n) is 1.80. The minimum atomic E-state index is -4.75. The molecule has 0 aromatic heterocycles. The fraction of sp³-hybridized carbons (Fsp3) is 0.222. The van der Waals surface area contributed by atoms with Crippen LogP contribution in [-0.2, 0) is 16.9 Å². The second-order valence-corrected chi connectivity index (χ2v) is 3.27. The van der Waals surface area contributed by atoms with Crippen LogP contribution in [-0.4, -0.2) is 5.24 Å². The van der Waals surface area contributed by atoms with Crippen LogP contribution in [0, 0.1) is 0 Å². The summed E-state index contributed by atoms with van der Waals surface area (Å²) >= 11 is 4.60. The van der Waals surface area contributed by atoms with Gasteiger partial charge in [-0.3, -0.25) is 4.79 Å². The molecule has 0 aliphatic heterocycles. The van der Waals surface area contributed by atoms with Crippen LogP contribution in [0.3, 0.4) is 0 Å². The average molecular weight is 259 g/mol. The van der Waals surface area contributed by atoms with Crippen molar-refractivity contribution in [2.45, 2.75) is 12.1 Å². The Bertz CT molecular complexity index is 413. The predicted octanol–water partition coefficient (Wildman–Crippen LogP) is 3.56. The van der Waals surface area contributed by atoms with Crippen molar-refractivity contribution in [3.8, 4) is 0 Å². The Kier molecular flexibility index (Phi) is 3.23. The lowest BCUT2D eigenvalue weighted by Crippen LogP contribution is -2.22.